The Kier molecular flexibility index (Phi) is 2.51. The van der Waals surface area contributed by atoms with Crippen LogP contribution in [0, 0.1) is 6.92 Å². The summed E-state index contributed by atoms with van der Waals surface area (Å²) in [5, 5.41) is 19.8. The molecule has 0 bridgehead atoms. The van der Waals surface area contributed by atoms with Gasteiger partial charge in [-0.2, -0.15) is 10.1 Å². The summed E-state index contributed by atoms with van der Waals surface area (Å²) in [4.78, 5) is 4.10. The van der Waals surface area contributed by atoms with Crippen molar-refractivity contribution in [2.24, 2.45) is 0 Å². The fourth-order valence-electron chi connectivity index (χ4n) is 1.23. The Bertz CT molecular complexity index is 448. The van der Waals surface area contributed by atoms with E-state index in [1.807, 2.05) is 13.8 Å². The third-order valence-corrected chi connectivity index (χ3v) is 2.19. The van der Waals surface area contributed by atoms with Crippen LogP contribution >= 0.6 is 0 Å². The fourth-order valence-corrected chi connectivity index (χ4v) is 1.23. The van der Waals surface area contributed by atoms with Gasteiger partial charge in [0.25, 0.3) is 5.89 Å². The minimum atomic E-state index is -0.672. The van der Waals surface area contributed by atoms with E-state index in [4.69, 9.17) is 4.52 Å². The lowest BCUT2D eigenvalue weighted by Gasteiger charge is -1.97. The van der Waals surface area contributed by atoms with Gasteiger partial charge in [-0.05, 0) is 13.3 Å². The SMILES string of the molecule is CCC(O)c1noc(-c2cn[nH]c2C)n1. The number of aryl methyl sites for hydroxylation is 1. The Hall–Kier alpha value is -1.69. The molecule has 6 heteroatoms. The first kappa shape index (κ1) is 9.85. The molecule has 15 heavy (non-hydrogen) atoms. The molecule has 0 aliphatic rings. The molecule has 0 aromatic carbocycles. The number of aromatic amines is 1. The predicted octanol–water partition coefficient (Wildman–Crippen LogP) is 1.21. The molecule has 0 amide bonds. The zero-order valence-corrected chi connectivity index (χ0v) is 8.56. The maximum atomic E-state index is 9.50. The predicted molar refractivity (Wildman–Crippen MR) is 51.9 cm³/mol. The monoisotopic (exact) mass is 208 g/mol. The summed E-state index contributed by atoms with van der Waals surface area (Å²) < 4.78 is 5.03. The maximum Gasteiger partial charge on any atom is 0.261 e. The molecule has 0 spiro atoms. The summed E-state index contributed by atoms with van der Waals surface area (Å²) in [5.74, 6) is 0.692. The molecule has 0 aliphatic heterocycles. The van der Waals surface area contributed by atoms with Crippen LogP contribution in [0.25, 0.3) is 11.5 Å². The molecule has 2 N–H and O–H groups in total. The van der Waals surface area contributed by atoms with Crippen LogP contribution in [0.4, 0.5) is 0 Å². The van der Waals surface area contributed by atoms with Crippen LogP contribution in [0.5, 0.6) is 0 Å². The first-order valence-corrected chi connectivity index (χ1v) is 4.74. The zero-order valence-electron chi connectivity index (χ0n) is 8.56. The van der Waals surface area contributed by atoms with Gasteiger partial charge in [0, 0.05) is 5.69 Å². The molecule has 80 valence electrons. The van der Waals surface area contributed by atoms with Gasteiger partial charge in [0.15, 0.2) is 0 Å². The number of hydrogen-bond donors (Lipinski definition) is 2. The minimum absolute atomic E-state index is 0.313. The van der Waals surface area contributed by atoms with Crippen LogP contribution in [0.3, 0.4) is 0 Å². The van der Waals surface area contributed by atoms with Gasteiger partial charge in [0.1, 0.15) is 6.10 Å². The standard InChI is InChI=1S/C9H12N4O2/c1-3-7(14)8-11-9(15-13-8)6-4-10-12-5(6)2/h4,7,14H,3H2,1-2H3,(H,10,12). The Balaban J connectivity index is 2.32. The Morgan fingerprint density at radius 1 is 1.60 bits per heavy atom. The molecule has 0 radical (unpaired) electrons. The van der Waals surface area contributed by atoms with Crippen LogP contribution in [-0.4, -0.2) is 25.4 Å². The van der Waals surface area contributed by atoms with Crippen molar-refractivity contribution in [2.75, 3.05) is 0 Å². The van der Waals surface area contributed by atoms with Gasteiger partial charge in [-0.25, -0.2) is 0 Å². The lowest BCUT2D eigenvalue weighted by molar-refractivity contribution is 0.159. The van der Waals surface area contributed by atoms with Crippen LogP contribution in [0.1, 0.15) is 31.0 Å². The molecule has 1 unspecified atom stereocenters. The number of H-pyrrole nitrogens is 1. The van der Waals surface area contributed by atoms with Gasteiger partial charge in [-0.3, -0.25) is 5.10 Å². The Morgan fingerprint density at radius 3 is 3.00 bits per heavy atom. The lowest BCUT2D eigenvalue weighted by atomic mass is 10.2. The van der Waals surface area contributed by atoms with Crippen LogP contribution in [0.2, 0.25) is 0 Å². The third-order valence-electron chi connectivity index (χ3n) is 2.19. The average molecular weight is 208 g/mol. The smallest absolute Gasteiger partial charge is 0.261 e. The fraction of sp³-hybridized carbons (Fsp3) is 0.444. The molecular weight excluding hydrogens is 196 g/mol. The lowest BCUT2D eigenvalue weighted by Crippen LogP contribution is -1.97. The van der Waals surface area contributed by atoms with Gasteiger partial charge < -0.3 is 9.63 Å². The highest BCUT2D eigenvalue weighted by Gasteiger charge is 2.16. The van der Waals surface area contributed by atoms with Crippen LogP contribution in [-0.2, 0) is 0 Å². The van der Waals surface area contributed by atoms with Gasteiger partial charge in [0.05, 0.1) is 11.8 Å². The van der Waals surface area contributed by atoms with Gasteiger partial charge >= 0.3 is 0 Å². The van der Waals surface area contributed by atoms with E-state index in [1.54, 1.807) is 6.20 Å². The quantitative estimate of drug-likeness (QED) is 0.791. The molecule has 0 saturated heterocycles. The van der Waals surface area contributed by atoms with Gasteiger partial charge in [-0.15, -0.1) is 0 Å². The van der Waals surface area contributed by atoms with Crippen molar-refractivity contribution in [3.05, 3.63) is 17.7 Å². The van der Waals surface area contributed by atoms with E-state index in [-0.39, 0.29) is 0 Å². The number of hydrogen-bond acceptors (Lipinski definition) is 5. The summed E-state index contributed by atoms with van der Waals surface area (Å²) >= 11 is 0. The van der Waals surface area contributed by atoms with E-state index in [1.165, 1.54) is 0 Å². The number of aliphatic hydroxyl groups is 1. The summed E-state index contributed by atoms with van der Waals surface area (Å²) in [6.07, 6.45) is 1.50. The average Bonchev–Trinajstić information content (AvgIpc) is 2.84. The topological polar surface area (TPSA) is 87.8 Å². The second-order valence-electron chi connectivity index (χ2n) is 3.29. The number of nitrogens with zero attached hydrogens (tertiary/aromatic N) is 3. The highest BCUT2D eigenvalue weighted by atomic mass is 16.5. The molecule has 2 aromatic rings. The van der Waals surface area contributed by atoms with Crippen molar-refractivity contribution in [2.45, 2.75) is 26.4 Å². The van der Waals surface area contributed by atoms with Crippen LogP contribution in [0.15, 0.2) is 10.7 Å². The van der Waals surface area contributed by atoms with Crippen molar-refractivity contribution in [3.63, 3.8) is 0 Å². The summed E-state index contributed by atoms with van der Waals surface area (Å²) in [7, 11) is 0. The Morgan fingerprint density at radius 2 is 2.40 bits per heavy atom. The number of rotatable bonds is 3. The van der Waals surface area contributed by atoms with Crippen molar-refractivity contribution in [3.8, 4) is 11.5 Å². The molecule has 0 fully saturated rings. The van der Waals surface area contributed by atoms with Crippen molar-refractivity contribution in [1.29, 1.82) is 0 Å². The van der Waals surface area contributed by atoms with Crippen molar-refractivity contribution >= 4 is 0 Å². The molecule has 2 aromatic heterocycles. The van der Waals surface area contributed by atoms with Gasteiger partial charge in [-0.1, -0.05) is 12.1 Å². The second-order valence-corrected chi connectivity index (χ2v) is 3.29. The van der Waals surface area contributed by atoms with E-state index in [0.29, 0.717) is 18.1 Å². The van der Waals surface area contributed by atoms with E-state index in [2.05, 4.69) is 20.3 Å². The van der Waals surface area contributed by atoms with E-state index < -0.39 is 6.10 Å². The van der Waals surface area contributed by atoms with E-state index in [0.717, 1.165) is 11.3 Å². The number of nitrogens with one attached hydrogen (secondary N) is 1. The van der Waals surface area contributed by atoms with Crippen molar-refractivity contribution in [1.82, 2.24) is 20.3 Å². The van der Waals surface area contributed by atoms with E-state index in [9.17, 15) is 5.11 Å². The molecule has 1 atom stereocenters. The third kappa shape index (κ3) is 1.75. The first-order valence-electron chi connectivity index (χ1n) is 4.74. The summed E-state index contributed by atoms with van der Waals surface area (Å²) in [6, 6.07) is 0. The minimum Gasteiger partial charge on any atom is -0.385 e. The molecule has 6 nitrogen and oxygen atoms in total. The zero-order chi connectivity index (χ0) is 10.8. The highest BCUT2D eigenvalue weighted by molar-refractivity contribution is 5.54. The molecule has 2 rings (SSSR count). The van der Waals surface area contributed by atoms with Crippen molar-refractivity contribution < 1.29 is 9.63 Å². The summed E-state index contributed by atoms with van der Waals surface area (Å²) in [5.41, 5.74) is 1.62. The second kappa shape index (κ2) is 3.82. The number of aromatic nitrogens is 4. The molecular formula is C9H12N4O2. The first-order chi connectivity index (χ1) is 7.22. The largest absolute Gasteiger partial charge is 0.385 e. The normalized spacial score (nSPS) is 13.0. The number of aliphatic hydroxyl groups excluding tert-OH is 1. The molecule has 0 aliphatic carbocycles. The molecule has 2 heterocycles. The van der Waals surface area contributed by atoms with Crippen LogP contribution < -0.4 is 0 Å². The summed E-state index contributed by atoms with van der Waals surface area (Å²) in [6.45, 7) is 3.71. The van der Waals surface area contributed by atoms with E-state index >= 15 is 0 Å². The highest BCUT2D eigenvalue weighted by Crippen LogP contribution is 2.21. The molecule has 0 saturated carbocycles. The van der Waals surface area contributed by atoms with Gasteiger partial charge in [0.2, 0.25) is 5.82 Å². The maximum absolute atomic E-state index is 9.50. The Labute approximate surface area is 86.3 Å².